The first-order valence-corrected chi connectivity index (χ1v) is 9.83. The van der Waals surface area contributed by atoms with Crippen molar-refractivity contribution in [2.45, 2.75) is 31.7 Å². The second-order valence-corrected chi connectivity index (χ2v) is 7.19. The van der Waals surface area contributed by atoms with Crippen LogP contribution in [0.5, 0.6) is 11.5 Å². The minimum atomic E-state index is -6.48. The maximum Gasteiger partial charge on any atom is 0.462 e. The van der Waals surface area contributed by atoms with Gasteiger partial charge in [0.15, 0.2) is 11.5 Å². The normalized spacial score (nSPS) is 12.5. The van der Waals surface area contributed by atoms with Gasteiger partial charge in [-0.25, -0.2) is 5.43 Å². The van der Waals surface area contributed by atoms with Crippen LogP contribution in [0.25, 0.3) is 0 Å². The summed E-state index contributed by atoms with van der Waals surface area (Å²) >= 11 is 3.20. The Balaban J connectivity index is 2.24. The van der Waals surface area contributed by atoms with E-state index in [-0.39, 0.29) is 34.7 Å². The number of hydrazone groups is 1. The summed E-state index contributed by atoms with van der Waals surface area (Å²) in [5.41, 5.74) is 1.54. The number of nitriles is 1. The summed E-state index contributed by atoms with van der Waals surface area (Å²) in [6, 6.07) is 5.55. The molecule has 0 aliphatic carbocycles. The van der Waals surface area contributed by atoms with E-state index in [0.29, 0.717) is 22.8 Å². The summed E-state index contributed by atoms with van der Waals surface area (Å²) < 4.78 is 100. The van der Waals surface area contributed by atoms with E-state index in [4.69, 9.17) is 14.7 Å². The Labute approximate surface area is 191 Å². The Kier molecular flexibility index (Phi) is 8.18. The number of ether oxygens (including phenoxy) is 2. The van der Waals surface area contributed by atoms with Crippen LogP contribution in [0, 0.1) is 11.3 Å². The molecule has 2 aromatic carbocycles. The van der Waals surface area contributed by atoms with Crippen LogP contribution in [0.2, 0.25) is 0 Å². The van der Waals surface area contributed by atoms with Crippen molar-refractivity contribution in [2.24, 2.45) is 5.10 Å². The van der Waals surface area contributed by atoms with Crippen LogP contribution in [0.1, 0.15) is 23.6 Å². The molecule has 0 saturated carbocycles. The molecule has 0 bridgehead atoms. The first-order valence-electron chi connectivity index (χ1n) is 9.03. The second-order valence-electron chi connectivity index (χ2n) is 6.34. The van der Waals surface area contributed by atoms with Gasteiger partial charge in [0.25, 0.3) is 0 Å². The number of hydrogen-bond acceptors (Lipinski definition) is 5. The van der Waals surface area contributed by atoms with E-state index in [1.54, 1.807) is 31.2 Å². The van der Waals surface area contributed by atoms with E-state index in [1.165, 1.54) is 12.1 Å². The van der Waals surface area contributed by atoms with Crippen LogP contribution in [-0.2, 0) is 6.61 Å². The Bertz CT molecular complexity index is 1050. The molecule has 0 spiro atoms. The van der Waals surface area contributed by atoms with Crippen molar-refractivity contribution in [2.75, 3.05) is 6.61 Å². The second kappa shape index (κ2) is 10.3. The fraction of sp³-hybridized carbons (Fsp3) is 0.300. The van der Waals surface area contributed by atoms with Crippen molar-refractivity contribution >= 4 is 22.1 Å². The van der Waals surface area contributed by atoms with Crippen LogP contribution in [0.4, 0.5) is 30.7 Å². The molecule has 33 heavy (non-hydrogen) atoms. The van der Waals surface area contributed by atoms with E-state index in [1.807, 2.05) is 6.07 Å². The predicted molar refractivity (Wildman–Crippen MR) is 107 cm³/mol. The van der Waals surface area contributed by atoms with Gasteiger partial charge < -0.3 is 9.47 Å². The van der Waals surface area contributed by atoms with Gasteiger partial charge in [-0.2, -0.15) is 41.1 Å². The molecule has 0 heterocycles. The maximum absolute atomic E-state index is 13.3. The average molecular weight is 542 g/mol. The van der Waals surface area contributed by atoms with Gasteiger partial charge >= 0.3 is 18.1 Å². The minimum absolute atomic E-state index is 0.0177. The SMILES string of the molecule is CCOc1cc(/C=N/NC(F)(F)C(F)(F)C(F)(F)F)cc(Br)c1OCc1ccccc1C#N. The molecule has 0 aromatic heterocycles. The minimum Gasteiger partial charge on any atom is -0.490 e. The van der Waals surface area contributed by atoms with Crippen LogP contribution in [0.3, 0.4) is 0 Å². The van der Waals surface area contributed by atoms with Crippen molar-refractivity contribution < 1.29 is 40.2 Å². The number of halogens is 8. The molecular weight excluding hydrogens is 527 g/mol. The Hall–Kier alpha value is -3.01. The summed E-state index contributed by atoms with van der Waals surface area (Å²) in [5, 5.41) is 12.0. The van der Waals surface area contributed by atoms with E-state index in [0.717, 1.165) is 0 Å². The van der Waals surface area contributed by atoms with Gasteiger partial charge in [0.1, 0.15) is 6.61 Å². The lowest BCUT2D eigenvalue weighted by Gasteiger charge is -2.27. The van der Waals surface area contributed by atoms with Crippen LogP contribution in [-0.4, -0.2) is 31.0 Å². The molecule has 0 fully saturated rings. The highest BCUT2D eigenvalue weighted by molar-refractivity contribution is 9.10. The monoisotopic (exact) mass is 541 g/mol. The Morgan fingerprint density at radius 1 is 1.09 bits per heavy atom. The molecule has 178 valence electrons. The van der Waals surface area contributed by atoms with Crippen LogP contribution >= 0.6 is 15.9 Å². The van der Waals surface area contributed by atoms with Gasteiger partial charge in [-0.3, -0.25) is 0 Å². The highest BCUT2D eigenvalue weighted by atomic mass is 79.9. The Morgan fingerprint density at radius 3 is 2.36 bits per heavy atom. The molecule has 2 aromatic rings. The van der Waals surface area contributed by atoms with Crippen LogP contribution < -0.4 is 14.9 Å². The first kappa shape index (κ1) is 26.2. The molecule has 5 nitrogen and oxygen atoms in total. The molecule has 0 unspecified atom stereocenters. The molecule has 0 saturated heterocycles. The van der Waals surface area contributed by atoms with Gasteiger partial charge in [-0.15, -0.1) is 0 Å². The third kappa shape index (κ3) is 6.07. The number of alkyl halides is 7. The molecule has 0 radical (unpaired) electrons. The summed E-state index contributed by atoms with van der Waals surface area (Å²) in [6.45, 7) is 1.78. The lowest BCUT2D eigenvalue weighted by atomic mass is 10.1. The van der Waals surface area contributed by atoms with Gasteiger partial charge in [0, 0.05) is 5.56 Å². The topological polar surface area (TPSA) is 66.6 Å². The quantitative estimate of drug-likeness (QED) is 0.183. The molecule has 13 heteroatoms. The molecule has 0 aliphatic rings. The van der Waals surface area contributed by atoms with E-state index >= 15 is 0 Å². The summed E-state index contributed by atoms with van der Waals surface area (Å²) in [6.07, 6.45) is -5.87. The van der Waals surface area contributed by atoms with Gasteiger partial charge in [-0.05, 0) is 46.6 Å². The number of hydrogen-bond donors (Lipinski definition) is 1. The lowest BCUT2D eigenvalue weighted by Crippen LogP contribution is -2.58. The van der Waals surface area contributed by atoms with Crippen molar-refractivity contribution in [1.82, 2.24) is 5.43 Å². The predicted octanol–water partition coefficient (Wildman–Crippen LogP) is 6.01. The molecule has 0 atom stereocenters. The summed E-state index contributed by atoms with van der Waals surface area (Å²) in [7, 11) is 0. The third-order valence-electron chi connectivity index (χ3n) is 4.01. The zero-order valence-corrected chi connectivity index (χ0v) is 18.3. The Morgan fingerprint density at radius 2 is 1.76 bits per heavy atom. The largest absolute Gasteiger partial charge is 0.490 e. The molecular formula is C20H15BrF7N3O2. The van der Waals surface area contributed by atoms with Gasteiger partial charge in [-0.1, -0.05) is 18.2 Å². The number of benzene rings is 2. The fourth-order valence-corrected chi connectivity index (χ4v) is 2.98. The smallest absolute Gasteiger partial charge is 0.462 e. The summed E-state index contributed by atoms with van der Waals surface area (Å²) in [5.74, 6) is -6.05. The highest BCUT2D eigenvalue weighted by Gasteiger charge is 2.73. The van der Waals surface area contributed by atoms with E-state index in [9.17, 15) is 30.7 Å². The van der Waals surface area contributed by atoms with Crippen LogP contribution in [0.15, 0.2) is 46.0 Å². The van der Waals surface area contributed by atoms with Crippen molar-refractivity contribution in [3.05, 3.63) is 57.6 Å². The molecule has 0 aliphatic heterocycles. The molecule has 0 amide bonds. The first-order chi connectivity index (χ1) is 15.3. The zero-order valence-electron chi connectivity index (χ0n) is 16.7. The van der Waals surface area contributed by atoms with Crippen molar-refractivity contribution in [1.29, 1.82) is 5.26 Å². The number of rotatable bonds is 9. The average Bonchev–Trinajstić information content (AvgIpc) is 2.72. The molecule has 2 rings (SSSR count). The third-order valence-corrected chi connectivity index (χ3v) is 4.60. The van der Waals surface area contributed by atoms with Gasteiger partial charge in [0.2, 0.25) is 0 Å². The summed E-state index contributed by atoms with van der Waals surface area (Å²) in [4.78, 5) is 0. The number of nitrogens with zero attached hydrogens (tertiary/aromatic N) is 2. The number of nitrogens with one attached hydrogen (secondary N) is 1. The molecule has 1 N–H and O–H groups in total. The van der Waals surface area contributed by atoms with E-state index < -0.39 is 18.1 Å². The fourth-order valence-electron chi connectivity index (χ4n) is 2.41. The lowest BCUT2D eigenvalue weighted by molar-refractivity contribution is -0.361. The maximum atomic E-state index is 13.3. The zero-order chi connectivity index (χ0) is 24.9. The van der Waals surface area contributed by atoms with Crippen molar-refractivity contribution in [3.8, 4) is 17.6 Å². The standard InChI is InChI=1S/C20H15BrF7N3O2/c1-2-32-16-8-12(10-30-31-20(27,28)18(22,23)19(24,25)26)7-15(21)17(16)33-11-14-6-4-3-5-13(14)9-29/h3-8,10,31H,2,11H2,1H3/b30-10+. The highest BCUT2D eigenvalue weighted by Crippen LogP contribution is 2.45. The van der Waals surface area contributed by atoms with Gasteiger partial charge in [0.05, 0.1) is 28.9 Å². The van der Waals surface area contributed by atoms with E-state index in [2.05, 4.69) is 21.0 Å². The van der Waals surface area contributed by atoms with Crippen molar-refractivity contribution in [3.63, 3.8) is 0 Å².